The van der Waals surface area contributed by atoms with E-state index in [0.29, 0.717) is 12.2 Å². The van der Waals surface area contributed by atoms with Gasteiger partial charge in [-0.25, -0.2) is 4.98 Å². The summed E-state index contributed by atoms with van der Waals surface area (Å²) in [6, 6.07) is 3.29. The van der Waals surface area contributed by atoms with Gasteiger partial charge in [0.25, 0.3) is 5.91 Å². The van der Waals surface area contributed by atoms with E-state index in [1.807, 2.05) is 0 Å². The highest BCUT2D eigenvalue weighted by molar-refractivity contribution is 6.35. The minimum absolute atomic E-state index is 0.213. The van der Waals surface area contributed by atoms with Crippen molar-refractivity contribution >= 4 is 29.5 Å². The Morgan fingerprint density at radius 2 is 2.43 bits per heavy atom. The van der Waals surface area contributed by atoms with E-state index in [0.717, 1.165) is 0 Å². The van der Waals surface area contributed by atoms with Crippen molar-refractivity contribution in [2.24, 2.45) is 0 Å². The molecule has 0 aliphatic rings. The van der Waals surface area contributed by atoms with Gasteiger partial charge in [-0.15, -0.1) is 0 Å². The van der Waals surface area contributed by atoms with E-state index >= 15 is 0 Å². The van der Waals surface area contributed by atoms with Crippen LogP contribution in [0.15, 0.2) is 18.3 Å². The minimum Gasteiger partial charge on any atom is -0.303 e. The molecule has 0 aliphatic heterocycles. The highest BCUT2D eigenvalue weighted by Gasteiger charge is 2.15. The van der Waals surface area contributed by atoms with Crippen LogP contribution in [0, 0.1) is 0 Å². The van der Waals surface area contributed by atoms with Crippen LogP contribution in [0.5, 0.6) is 0 Å². The third kappa shape index (κ3) is 2.09. The maximum absolute atomic E-state index is 11.2. The number of nitrogens with zero attached hydrogens (tertiary/aromatic N) is 2. The number of carbonyl (C=O) groups is 2. The fourth-order valence-corrected chi connectivity index (χ4v) is 1.31. The number of aldehydes is 1. The van der Waals surface area contributed by atoms with Gasteiger partial charge in [-0.3, -0.25) is 9.59 Å². The van der Waals surface area contributed by atoms with E-state index in [2.05, 4.69) is 4.98 Å². The Balaban J connectivity index is 3.06. The zero-order valence-electron chi connectivity index (χ0n) is 7.61. The molecule has 0 N–H and O–H groups in total. The van der Waals surface area contributed by atoms with E-state index in [9.17, 15) is 9.59 Å². The first-order valence-corrected chi connectivity index (χ1v) is 4.45. The lowest BCUT2D eigenvalue weighted by Gasteiger charge is -2.18. The molecule has 14 heavy (non-hydrogen) atoms. The van der Waals surface area contributed by atoms with Crippen LogP contribution in [0.25, 0.3) is 0 Å². The second-order valence-corrected chi connectivity index (χ2v) is 2.87. The van der Waals surface area contributed by atoms with Gasteiger partial charge in [0.1, 0.15) is 0 Å². The van der Waals surface area contributed by atoms with Gasteiger partial charge in [0, 0.05) is 12.7 Å². The van der Waals surface area contributed by atoms with Crippen molar-refractivity contribution in [2.45, 2.75) is 6.92 Å². The fourth-order valence-electron chi connectivity index (χ4n) is 1.09. The normalized spacial score (nSPS) is 9.57. The molecule has 0 unspecified atom stereocenters. The Hall–Kier alpha value is -1.42. The summed E-state index contributed by atoms with van der Waals surface area (Å²) in [5.41, 5.74) is 0.453. The van der Waals surface area contributed by atoms with Crippen molar-refractivity contribution in [1.82, 2.24) is 4.98 Å². The van der Waals surface area contributed by atoms with Crippen LogP contribution in [0.2, 0.25) is 5.15 Å². The van der Waals surface area contributed by atoms with Gasteiger partial charge < -0.3 is 4.90 Å². The second kappa shape index (κ2) is 4.72. The first kappa shape index (κ1) is 10.7. The molecule has 0 fully saturated rings. The van der Waals surface area contributed by atoms with E-state index in [1.165, 1.54) is 11.1 Å². The van der Waals surface area contributed by atoms with E-state index in [1.54, 1.807) is 19.1 Å². The number of halogens is 1. The van der Waals surface area contributed by atoms with Crippen LogP contribution in [0.3, 0.4) is 0 Å². The number of hydrogen-bond acceptors (Lipinski definition) is 3. The highest BCUT2D eigenvalue weighted by atomic mass is 35.5. The molecule has 0 aliphatic carbocycles. The van der Waals surface area contributed by atoms with Crippen molar-refractivity contribution in [3.05, 3.63) is 23.5 Å². The van der Waals surface area contributed by atoms with Gasteiger partial charge in [-0.05, 0) is 19.1 Å². The van der Waals surface area contributed by atoms with Crippen molar-refractivity contribution in [1.29, 1.82) is 0 Å². The molecule has 0 radical (unpaired) electrons. The maximum atomic E-state index is 11.2. The summed E-state index contributed by atoms with van der Waals surface area (Å²) in [7, 11) is 0. The van der Waals surface area contributed by atoms with Crippen molar-refractivity contribution in [2.75, 3.05) is 11.4 Å². The summed E-state index contributed by atoms with van der Waals surface area (Å²) in [6.07, 6.45) is 1.78. The smallest absolute Gasteiger partial charge is 0.291 e. The third-order valence-electron chi connectivity index (χ3n) is 1.71. The monoisotopic (exact) mass is 212 g/mol. The molecule has 1 amide bonds. The molecule has 74 valence electrons. The van der Waals surface area contributed by atoms with Gasteiger partial charge >= 0.3 is 0 Å². The van der Waals surface area contributed by atoms with Gasteiger partial charge in [0.2, 0.25) is 6.29 Å². The fraction of sp³-hybridized carbons (Fsp3) is 0.222. The number of rotatable bonds is 3. The zero-order valence-corrected chi connectivity index (χ0v) is 8.36. The second-order valence-electron chi connectivity index (χ2n) is 2.51. The van der Waals surface area contributed by atoms with Gasteiger partial charge in [0.05, 0.1) is 5.69 Å². The minimum atomic E-state index is -0.623. The first-order chi connectivity index (χ1) is 6.70. The first-order valence-electron chi connectivity index (χ1n) is 4.08. The molecule has 1 aromatic heterocycles. The SMILES string of the molecule is CCN(C(=O)C=O)c1cccnc1Cl. The molecular formula is C9H9ClN2O2. The third-order valence-corrected chi connectivity index (χ3v) is 2.00. The van der Waals surface area contributed by atoms with Crippen LogP contribution >= 0.6 is 11.6 Å². The lowest BCUT2D eigenvalue weighted by molar-refractivity contribution is -0.129. The van der Waals surface area contributed by atoms with Crippen LogP contribution in [0.4, 0.5) is 5.69 Å². The molecule has 0 spiro atoms. The van der Waals surface area contributed by atoms with Gasteiger partial charge in [0.15, 0.2) is 5.15 Å². The molecule has 5 heteroatoms. The summed E-state index contributed by atoms with van der Waals surface area (Å²) in [6.45, 7) is 2.13. The summed E-state index contributed by atoms with van der Waals surface area (Å²) in [5, 5.41) is 0.213. The van der Waals surface area contributed by atoms with Crippen molar-refractivity contribution in [3.8, 4) is 0 Å². The lowest BCUT2D eigenvalue weighted by atomic mass is 10.3. The standard InChI is InChI=1S/C9H9ClN2O2/c1-2-12(8(14)6-13)7-4-3-5-11-9(7)10/h3-6H,2H2,1H3. The molecule has 1 heterocycles. The average Bonchev–Trinajstić information content (AvgIpc) is 2.21. The van der Waals surface area contributed by atoms with Crippen LogP contribution in [-0.2, 0) is 9.59 Å². The average molecular weight is 213 g/mol. The Bertz CT molecular complexity index is 354. The predicted octanol–water partition coefficient (Wildman–Crippen LogP) is 1.29. The quantitative estimate of drug-likeness (QED) is 0.431. The molecule has 4 nitrogen and oxygen atoms in total. The Morgan fingerprint density at radius 1 is 1.71 bits per heavy atom. The van der Waals surface area contributed by atoms with Crippen molar-refractivity contribution in [3.63, 3.8) is 0 Å². The molecule has 0 bridgehead atoms. The number of carbonyl (C=O) groups excluding carboxylic acids is 2. The van der Waals surface area contributed by atoms with Crippen LogP contribution in [-0.4, -0.2) is 23.7 Å². The Morgan fingerprint density at radius 3 is 2.93 bits per heavy atom. The maximum Gasteiger partial charge on any atom is 0.291 e. The number of hydrogen-bond donors (Lipinski definition) is 0. The topological polar surface area (TPSA) is 50.3 Å². The van der Waals surface area contributed by atoms with Crippen LogP contribution < -0.4 is 4.90 Å². The lowest BCUT2D eigenvalue weighted by Crippen LogP contribution is -2.31. The Kier molecular flexibility index (Phi) is 3.59. The Labute approximate surface area is 86.5 Å². The largest absolute Gasteiger partial charge is 0.303 e. The number of amides is 1. The van der Waals surface area contributed by atoms with Crippen molar-refractivity contribution < 1.29 is 9.59 Å². The zero-order chi connectivity index (χ0) is 10.6. The van der Waals surface area contributed by atoms with E-state index < -0.39 is 5.91 Å². The molecule has 1 aromatic rings. The van der Waals surface area contributed by atoms with Gasteiger partial charge in [-0.2, -0.15) is 0 Å². The molecule has 0 saturated carbocycles. The number of aromatic nitrogens is 1. The number of likely N-dealkylation sites (N-methyl/N-ethyl adjacent to an activating group) is 1. The molecule has 0 saturated heterocycles. The molecular weight excluding hydrogens is 204 g/mol. The van der Waals surface area contributed by atoms with E-state index in [-0.39, 0.29) is 11.4 Å². The van der Waals surface area contributed by atoms with E-state index in [4.69, 9.17) is 11.6 Å². The molecule has 0 aromatic carbocycles. The predicted molar refractivity (Wildman–Crippen MR) is 53.3 cm³/mol. The number of pyridine rings is 1. The summed E-state index contributed by atoms with van der Waals surface area (Å²) in [5.74, 6) is -0.623. The summed E-state index contributed by atoms with van der Waals surface area (Å²) in [4.78, 5) is 26.6. The summed E-state index contributed by atoms with van der Waals surface area (Å²) >= 11 is 5.78. The summed E-state index contributed by atoms with van der Waals surface area (Å²) < 4.78 is 0. The van der Waals surface area contributed by atoms with Crippen LogP contribution in [0.1, 0.15) is 6.92 Å². The molecule has 1 rings (SSSR count). The highest BCUT2D eigenvalue weighted by Crippen LogP contribution is 2.22. The number of anilines is 1. The molecule has 0 atom stereocenters. The van der Waals surface area contributed by atoms with Gasteiger partial charge in [-0.1, -0.05) is 11.6 Å².